The first kappa shape index (κ1) is 19.4. The topological polar surface area (TPSA) is 54.7 Å². The first-order valence-corrected chi connectivity index (χ1v) is 10.0. The number of carbonyl (C=O) groups is 1. The molecule has 3 aromatic rings. The number of nitrogens with zero attached hydrogens (tertiary/aromatic N) is 1. The van der Waals surface area contributed by atoms with Gasteiger partial charge in [0.1, 0.15) is 0 Å². The molecular formula is C24H26N2O3. The van der Waals surface area contributed by atoms with E-state index in [2.05, 4.69) is 29.3 Å². The summed E-state index contributed by atoms with van der Waals surface area (Å²) in [6, 6.07) is 20.0. The van der Waals surface area contributed by atoms with Crippen LogP contribution >= 0.6 is 0 Å². The van der Waals surface area contributed by atoms with Crippen LogP contribution in [-0.4, -0.2) is 36.6 Å². The average molecular weight is 390 g/mol. The molecule has 1 amide bonds. The molecule has 1 saturated heterocycles. The van der Waals surface area contributed by atoms with Gasteiger partial charge in [-0.1, -0.05) is 54.6 Å². The Morgan fingerprint density at radius 2 is 1.93 bits per heavy atom. The van der Waals surface area contributed by atoms with E-state index in [1.54, 1.807) is 6.26 Å². The zero-order chi connectivity index (χ0) is 20.1. The van der Waals surface area contributed by atoms with Crippen LogP contribution in [0.1, 0.15) is 28.6 Å². The van der Waals surface area contributed by atoms with Gasteiger partial charge in [-0.3, -0.25) is 9.69 Å². The standard InChI is InChI=1S/C24H26N2O3/c1-18-16-26(11-13-28-18)17-20-7-5-6-19(14-20)15-25-24(27)23-22(10-12-29-23)21-8-3-2-4-9-21/h2-10,12,14,18H,11,13,15-17H2,1H3,(H,25,27). The molecule has 1 fully saturated rings. The fraction of sp³-hybridized carbons (Fsp3) is 0.292. The van der Waals surface area contributed by atoms with Crippen LogP contribution in [0.3, 0.4) is 0 Å². The second-order valence-corrected chi connectivity index (χ2v) is 7.45. The smallest absolute Gasteiger partial charge is 0.287 e. The molecular weight excluding hydrogens is 364 g/mol. The largest absolute Gasteiger partial charge is 0.459 e. The van der Waals surface area contributed by atoms with Crippen LogP contribution in [0.4, 0.5) is 0 Å². The average Bonchev–Trinajstić information content (AvgIpc) is 3.23. The molecule has 1 atom stereocenters. The monoisotopic (exact) mass is 390 g/mol. The summed E-state index contributed by atoms with van der Waals surface area (Å²) < 4.78 is 11.1. The van der Waals surface area contributed by atoms with Crippen LogP contribution in [0.15, 0.2) is 71.3 Å². The molecule has 1 aliphatic heterocycles. The fourth-order valence-electron chi connectivity index (χ4n) is 3.72. The predicted molar refractivity (Wildman–Crippen MR) is 112 cm³/mol. The summed E-state index contributed by atoms with van der Waals surface area (Å²) in [5.41, 5.74) is 4.09. The van der Waals surface area contributed by atoms with E-state index in [-0.39, 0.29) is 12.0 Å². The van der Waals surface area contributed by atoms with Gasteiger partial charge in [-0.05, 0) is 29.7 Å². The summed E-state index contributed by atoms with van der Waals surface area (Å²) in [6.45, 7) is 6.14. The van der Waals surface area contributed by atoms with Gasteiger partial charge in [-0.15, -0.1) is 0 Å². The SMILES string of the molecule is CC1CN(Cc2cccc(CNC(=O)c3occc3-c3ccccc3)c2)CCO1. The second-order valence-electron chi connectivity index (χ2n) is 7.45. The lowest BCUT2D eigenvalue weighted by Crippen LogP contribution is -2.40. The number of morpholine rings is 1. The van der Waals surface area contributed by atoms with Crippen molar-refractivity contribution >= 4 is 5.91 Å². The van der Waals surface area contributed by atoms with Crippen molar-refractivity contribution < 1.29 is 13.9 Å². The Kier molecular flexibility index (Phi) is 6.08. The third-order valence-electron chi connectivity index (χ3n) is 5.13. The Hall–Kier alpha value is -2.89. The summed E-state index contributed by atoms with van der Waals surface area (Å²) in [4.78, 5) is 15.1. The molecule has 0 radical (unpaired) electrons. The fourth-order valence-corrected chi connectivity index (χ4v) is 3.72. The van der Waals surface area contributed by atoms with Gasteiger partial charge < -0.3 is 14.5 Å². The normalized spacial score (nSPS) is 17.2. The van der Waals surface area contributed by atoms with E-state index in [0.717, 1.165) is 42.9 Å². The quantitative estimate of drug-likeness (QED) is 0.689. The van der Waals surface area contributed by atoms with Gasteiger partial charge in [0.15, 0.2) is 5.76 Å². The van der Waals surface area contributed by atoms with Gasteiger partial charge in [0.05, 0.1) is 19.0 Å². The number of hydrogen-bond acceptors (Lipinski definition) is 4. The van der Waals surface area contributed by atoms with Gasteiger partial charge in [0, 0.05) is 31.7 Å². The summed E-state index contributed by atoms with van der Waals surface area (Å²) in [6.07, 6.45) is 1.83. The highest BCUT2D eigenvalue weighted by Crippen LogP contribution is 2.24. The molecule has 5 heteroatoms. The van der Waals surface area contributed by atoms with E-state index in [9.17, 15) is 4.79 Å². The highest BCUT2D eigenvalue weighted by molar-refractivity contribution is 5.98. The Morgan fingerprint density at radius 1 is 1.10 bits per heavy atom. The third-order valence-corrected chi connectivity index (χ3v) is 5.13. The lowest BCUT2D eigenvalue weighted by atomic mass is 10.1. The maximum atomic E-state index is 12.7. The van der Waals surface area contributed by atoms with E-state index < -0.39 is 0 Å². The molecule has 0 aliphatic carbocycles. The first-order valence-electron chi connectivity index (χ1n) is 10.0. The van der Waals surface area contributed by atoms with Crippen molar-refractivity contribution in [3.8, 4) is 11.1 Å². The molecule has 2 heterocycles. The summed E-state index contributed by atoms with van der Waals surface area (Å²) >= 11 is 0. The zero-order valence-electron chi connectivity index (χ0n) is 16.6. The molecule has 5 nitrogen and oxygen atoms in total. The summed E-state index contributed by atoms with van der Waals surface area (Å²) in [7, 11) is 0. The number of benzene rings is 2. The van der Waals surface area contributed by atoms with Crippen LogP contribution in [0.2, 0.25) is 0 Å². The summed E-state index contributed by atoms with van der Waals surface area (Å²) in [5.74, 6) is 0.135. The van der Waals surface area contributed by atoms with Crippen molar-refractivity contribution in [3.05, 3.63) is 83.8 Å². The third kappa shape index (κ3) is 4.94. The van der Waals surface area contributed by atoms with Gasteiger partial charge in [-0.2, -0.15) is 0 Å². The van der Waals surface area contributed by atoms with Crippen molar-refractivity contribution in [2.75, 3.05) is 19.7 Å². The van der Waals surface area contributed by atoms with Gasteiger partial charge in [0.25, 0.3) is 5.91 Å². The molecule has 1 N–H and O–H groups in total. The Balaban J connectivity index is 1.38. The van der Waals surface area contributed by atoms with E-state index in [0.29, 0.717) is 12.3 Å². The first-order chi connectivity index (χ1) is 14.2. The minimum Gasteiger partial charge on any atom is -0.459 e. The van der Waals surface area contributed by atoms with Crippen LogP contribution in [0, 0.1) is 0 Å². The molecule has 0 spiro atoms. The Bertz CT molecular complexity index is 952. The number of amides is 1. The maximum absolute atomic E-state index is 12.7. The molecule has 150 valence electrons. The van der Waals surface area contributed by atoms with E-state index in [1.807, 2.05) is 48.5 Å². The molecule has 0 bridgehead atoms. The van der Waals surface area contributed by atoms with E-state index in [1.165, 1.54) is 5.56 Å². The minimum absolute atomic E-state index is 0.207. The zero-order valence-corrected chi connectivity index (χ0v) is 16.6. The van der Waals surface area contributed by atoms with Crippen molar-refractivity contribution in [2.24, 2.45) is 0 Å². The molecule has 0 saturated carbocycles. The van der Waals surface area contributed by atoms with Crippen LogP contribution in [-0.2, 0) is 17.8 Å². The highest BCUT2D eigenvalue weighted by Gasteiger charge is 2.18. The van der Waals surface area contributed by atoms with Crippen LogP contribution in [0.5, 0.6) is 0 Å². The number of ether oxygens (including phenoxy) is 1. The number of hydrogen-bond donors (Lipinski definition) is 1. The lowest BCUT2D eigenvalue weighted by molar-refractivity contribution is -0.0212. The number of furan rings is 1. The molecule has 4 rings (SSSR count). The lowest BCUT2D eigenvalue weighted by Gasteiger charge is -2.31. The number of rotatable bonds is 6. The van der Waals surface area contributed by atoms with Crippen LogP contribution < -0.4 is 5.32 Å². The predicted octanol–water partition coefficient (Wildman–Crippen LogP) is 4.10. The molecule has 1 aromatic heterocycles. The van der Waals surface area contributed by atoms with Crippen molar-refractivity contribution in [2.45, 2.75) is 26.1 Å². The second kappa shape index (κ2) is 9.07. The Morgan fingerprint density at radius 3 is 2.76 bits per heavy atom. The molecule has 1 unspecified atom stereocenters. The van der Waals surface area contributed by atoms with Crippen molar-refractivity contribution in [3.63, 3.8) is 0 Å². The van der Waals surface area contributed by atoms with Gasteiger partial charge >= 0.3 is 0 Å². The number of carbonyl (C=O) groups excluding carboxylic acids is 1. The van der Waals surface area contributed by atoms with E-state index in [4.69, 9.17) is 9.15 Å². The number of nitrogens with one attached hydrogen (secondary N) is 1. The maximum Gasteiger partial charge on any atom is 0.287 e. The molecule has 1 aliphatic rings. The summed E-state index contributed by atoms with van der Waals surface area (Å²) in [5, 5.41) is 2.98. The minimum atomic E-state index is -0.207. The molecule has 2 aromatic carbocycles. The van der Waals surface area contributed by atoms with E-state index >= 15 is 0 Å². The van der Waals surface area contributed by atoms with Crippen LogP contribution in [0.25, 0.3) is 11.1 Å². The van der Waals surface area contributed by atoms with Gasteiger partial charge in [-0.25, -0.2) is 0 Å². The van der Waals surface area contributed by atoms with Gasteiger partial charge in [0.2, 0.25) is 0 Å². The molecule has 29 heavy (non-hydrogen) atoms. The van der Waals surface area contributed by atoms with Crippen molar-refractivity contribution in [1.82, 2.24) is 10.2 Å². The van der Waals surface area contributed by atoms with Crippen molar-refractivity contribution in [1.29, 1.82) is 0 Å². The highest BCUT2D eigenvalue weighted by atomic mass is 16.5. The Labute approximate surface area is 171 Å².